The number of rotatable bonds is 8. The second-order valence-corrected chi connectivity index (χ2v) is 3.84. The first-order chi connectivity index (χ1) is 6.98. The first-order valence-electron chi connectivity index (χ1n) is 5.14. The topological polar surface area (TPSA) is 65.0 Å². The van der Waals surface area contributed by atoms with Crippen molar-refractivity contribution in [2.24, 2.45) is 0 Å². The molecule has 0 atom stereocenters. The van der Waals surface area contributed by atoms with Gasteiger partial charge in [0.15, 0.2) is 0 Å². The highest BCUT2D eigenvalue weighted by Crippen LogP contribution is 2.13. The Morgan fingerprint density at radius 2 is 1.87 bits per heavy atom. The lowest BCUT2D eigenvalue weighted by Crippen LogP contribution is -2.23. The van der Waals surface area contributed by atoms with E-state index in [1.807, 2.05) is 20.8 Å². The third-order valence-electron chi connectivity index (χ3n) is 1.98. The van der Waals surface area contributed by atoms with Crippen molar-refractivity contribution in [3.05, 3.63) is 0 Å². The van der Waals surface area contributed by atoms with Gasteiger partial charge in [0.05, 0.1) is 18.8 Å². The van der Waals surface area contributed by atoms with Gasteiger partial charge in [0.25, 0.3) is 0 Å². The van der Waals surface area contributed by atoms with Crippen molar-refractivity contribution in [2.75, 3.05) is 13.2 Å². The lowest BCUT2D eigenvalue weighted by Gasteiger charge is -2.21. The van der Waals surface area contributed by atoms with Crippen molar-refractivity contribution in [3.63, 3.8) is 0 Å². The van der Waals surface area contributed by atoms with E-state index in [1.54, 1.807) is 0 Å². The Bertz CT molecular complexity index is 179. The average molecular weight is 220 g/mol. The summed E-state index contributed by atoms with van der Waals surface area (Å²) < 4.78 is 4.33. The molecule has 0 fully saturated rings. The first kappa shape index (κ1) is 14.2. The van der Waals surface area contributed by atoms with Crippen LogP contribution in [-0.2, 0) is 14.5 Å². The molecule has 0 spiro atoms. The highest BCUT2D eigenvalue weighted by Gasteiger charge is 2.16. The van der Waals surface area contributed by atoms with Crippen molar-refractivity contribution < 1.29 is 24.4 Å². The number of unbranched alkanes of at least 4 members (excludes halogenated alkanes) is 1. The van der Waals surface area contributed by atoms with Crippen molar-refractivity contribution in [1.29, 1.82) is 0 Å². The van der Waals surface area contributed by atoms with Crippen LogP contribution in [0, 0.1) is 0 Å². The van der Waals surface area contributed by atoms with E-state index in [0.717, 1.165) is 6.42 Å². The molecule has 0 heterocycles. The second-order valence-electron chi connectivity index (χ2n) is 3.84. The van der Waals surface area contributed by atoms with Crippen LogP contribution in [0.25, 0.3) is 0 Å². The molecule has 0 aromatic carbocycles. The second kappa shape index (κ2) is 7.48. The maximum absolute atomic E-state index is 9.98. The van der Waals surface area contributed by atoms with Gasteiger partial charge in [0.1, 0.15) is 0 Å². The molecule has 0 saturated carbocycles. The Balaban J connectivity index is 3.22. The molecular formula is C10H20O5. The van der Waals surface area contributed by atoms with Crippen LogP contribution in [0.1, 0.15) is 40.0 Å². The maximum atomic E-state index is 9.98. The van der Waals surface area contributed by atoms with E-state index in [2.05, 4.69) is 4.74 Å². The van der Waals surface area contributed by atoms with Crippen LogP contribution in [0.2, 0.25) is 0 Å². The summed E-state index contributed by atoms with van der Waals surface area (Å²) in [6, 6.07) is 0. The summed E-state index contributed by atoms with van der Waals surface area (Å²) >= 11 is 0. The molecule has 0 aliphatic rings. The Labute approximate surface area is 90.2 Å². The molecular weight excluding hydrogens is 200 g/mol. The summed E-state index contributed by atoms with van der Waals surface area (Å²) in [6.07, 6.45) is 0.990. The number of hydrogen-bond donors (Lipinski definition) is 1. The number of hydrogen-bond acceptors (Lipinski definition) is 4. The molecule has 0 aliphatic carbocycles. The molecule has 90 valence electrons. The Morgan fingerprint density at radius 1 is 1.27 bits per heavy atom. The molecule has 0 aliphatic heterocycles. The van der Waals surface area contributed by atoms with Gasteiger partial charge in [-0.3, -0.25) is 0 Å². The molecule has 1 N–H and O–H groups in total. The van der Waals surface area contributed by atoms with Crippen LogP contribution in [0.5, 0.6) is 0 Å². The lowest BCUT2D eigenvalue weighted by molar-refractivity contribution is -0.353. The van der Waals surface area contributed by atoms with E-state index in [4.69, 9.17) is 14.9 Å². The van der Waals surface area contributed by atoms with Crippen molar-refractivity contribution in [1.82, 2.24) is 0 Å². The Kier molecular flexibility index (Phi) is 7.07. The average Bonchev–Trinajstić information content (AvgIpc) is 2.16. The number of carboxylic acid groups (broad SMARTS) is 1. The zero-order chi connectivity index (χ0) is 11.7. The van der Waals surface area contributed by atoms with Crippen LogP contribution >= 0.6 is 0 Å². The molecule has 5 nitrogen and oxygen atoms in total. The van der Waals surface area contributed by atoms with E-state index >= 15 is 0 Å². The molecule has 5 heteroatoms. The summed E-state index contributed by atoms with van der Waals surface area (Å²) in [7, 11) is 0. The van der Waals surface area contributed by atoms with E-state index < -0.39 is 6.16 Å². The lowest BCUT2D eigenvalue weighted by atomic mass is 10.1. The van der Waals surface area contributed by atoms with E-state index in [-0.39, 0.29) is 12.2 Å². The monoisotopic (exact) mass is 220 g/mol. The fourth-order valence-corrected chi connectivity index (χ4v) is 0.683. The number of ether oxygens (including phenoxy) is 1. The standard InChI is InChI=1S/C10H20O5/c1-4-10(2,3)15-14-8-6-5-7-13-9(11)12/h4-8H2,1-3H3,(H,11,12). The molecule has 0 bridgehead atoms. The summed E-state index contributed by atoms with van der Waals surface area (Å²) in [5.41, 5.74) is -0.266. The van der Waals surface area contributed by atoms with Crippen molar-refractivity contribution >= 4 is 6.16 Å². The highest BCUT2D eigenvalue weighted by atomic mass is 17.2. The summed E-state index contributed by atoms with van der Waals surface area (Å²) in [5.74, 6) is 0. The van der Waals surface area contributed by atoms with Gasteiger partial charge in [-0.05, 0) is 33.1 Å². The summed E-state index contributed by atoms with van der Waals surface area (Å²) in [4.78, 5) is 20.1. The smallest absolute Gasteiger partial charge is 0.450 e. The van der Waals surface area contributed by atoms with Gasteiger partial charge >= 0.3 is 6.16 Å². The van der Waals surface area contributed by atoms with Gasteiger partial charge in [-0.15, -0.1) is 0 Å². The van der Waals surface area contributed by atoms with E-state index in [9.17, 15) is 4.79 Å². The van der Waals surface area contributed by atoms with Gasteiger partial charge in [0, 0.05) is 0 Å². The van der Waals surface area contributed by atoms with Crippen molar-refractivity contribution in [3.8, 4) is 0 Å². The van der Waals surface area contributed by atoms with Gasteiger partial charge in [0.2, 0.25) is 0 Å². The predicted molar refractivity (Wildman–Crippen MR) is 54.6 cm³/mol. The van der Waals surface area contributed by atoms with Gasteiger partial charge in [-0.25, -0.2) is 14.6 Å². The Hall–Kier alpha value is -0.810. The van der Waals surface area contributed by atoms with Crippen LogP contribution in [-0.4, -0.2) is 30.1 Å². The predicted octanol–water partition coefficient (Wildman–Crippen LogP) is 2.60. The highest BCUT2D eigenvalue weighted by molar-refractivity contribution is 5.56. The summed E-state index contributed by atoms with van der Waals surface area (Å²) in [5, 5.41) is 8.18. The largest absolute Gasteiger partial charge is 0.505 e. The van der Waals surface area contributed by atoms with Crippen LogP contribution < -0.4 is 0 Å². The minimum Gasteiger partial charge on any atom is -0.450 e. The van der Waals surface area contributed by atoms with E-state index in [0.29, 0.717) is 19.4 Å². The molecule has 0 rings (SSSR count). The first-order valence-corrected chi connectivity index (χ1v) is 5.14. The van der Waals surface area contributed by atoms with Gasteiger partial charge in [-0.1, -0.05) is 6.92 Å². The number of carbonyl (C=O) groups is 1. The normalized spacial score (nSPS) is 11.4. The minimum absolute atomic E-state index is 0.204. The molecule has 0 unspecified atom stereocenters. The van der Waals surface area contributed by atoms with Gasteiger partial charge < -0.3 is 9.84 Å². The third kappa shape index (κ3) is 9.49. The zero-order valence-corrected chi connectivity index (χ0v) is 9.62. The quantitative estimate of drug-likeness (QED) is 0.295. The third-order valence-corrected chi connectivity index (χ3v) is 1.98. The summed E-state index contributed by atoms with van der Waals surface area (Å²) in [6.45, 7) is 6.56. The fourth-order valence-electron chi connectivity index (χ4n) is 0.683. The molecule has 0 aromatic heterocycles. The van der Waals surface area contributed by atoms with Crippen LogP contribution in [0.15, 0.2) is 0 Å². The van der Waals surface area contributed by atoms with Crippen LogP contribution in [0.4, 0.5) is 4.79 Å². The maximum Gasteiger partial charge on any atom is 0.505 e. The Morgan fingerprint density at radius 3 is 2.40 bits per heavy atom. The van der Waals surface area contributed by atoms with Gasteiger partial charge in [-0.2, -0.15) is 0 Å². The molecule has 0 radical (unpaired) electrons. The fraction of sp³-hybridized carbons (Fsp3) is 0.900. The molecule has 15 heavy (non-hydrogen) atoms. The molecule has 0 amide bonds. The zero-order valence-electron chi connectivity index (χ0n) is 9.62. The van der Waals surface area contributed by atoms with Crippen LogP contribution in [0.3, 0.4) is 0 Å². The van der Waals surface area contributed by atoms with E-state index in [1.165, 1.54) is 0 Å². The van der Waals surface area contributed by atoms with Crippen molar-refractivity contribution in [2.45, 2.75) is 45.6 Å². The molecule has 0 aromatic rings. The minimum atomic E-state index is -1.24. The SMILES string of the molecule is CCC(C)(C)OOCCCCOC(=O)O. The molecule has 0 saturated heterocycles.